The monoisotopic (exact) mass is 389 g/mol. The highest BCUT2D eigenvalue weighted by Gasteiger charge is 2.06. The van der Waals surface area contributed by atoms with E-state index >= 15 is 0 Å². The number of carbonyl (C=O) groups excluding carboxylic acids is 2. The maximum Gasteiger partial charge on any atom is 0.253 e. The predicted molar refractivity (Wildman–Crippen MR) is 112 cm³/mol. The lowest BCUT2D eigenvalue weighted by atomic mass is 10.1. The smallest absolute Gasteiger partial charge is 0.253 e. The van der Waals surface area contributed by atoms with Gasteiger partial charge in [0, 0.05) is 31.0 Å². The summed E-state index contributed by atoms with van der Waals surface area (Å²) in [6.45, 7) is 0.402. The maximum atomic E-state index is 12.2. The lowest BCUT2D eigenvalue weighted by Crippen LogP contribution is -2.22. The van der Waals surface area contributed by atoms with Crippen LogP contribution in [0.15, 0.2) is 73.1 Å². The average Bonchev–Trinajstić information content (AvgIpc) is 2.78. The van der Waals surface area contributed by atoms with Crippen LogP contribution in [0.2, 0.25) is 0 Å². The van der Waals surface area contributed by atoms with Gasteiger partial charge in [-0.25, -0.2) is 0 Å². The van der Waals surface area contributed by atoms with Gasteiger partial charge in [-0.3, -0.25) is 14.6 Å². The molecule has 0 aliphatic heterocycles. The predicted octanol–water partition coefficient (Wildman–Crippen LogP) is 3.59. The first kappa shape index (κ1) is 20.1. The minimum Gasteiger partial charge on any atom is -0.497 e. The fourth-order valence-corrected chi connectivity index (χ4v) is 2.76. The average molecular weight is 389 g/mol. The molecule has 1 aromatic heterocycles. The molecule has 1 heterocycles. The van der Waals surface area contributed by atoms with Crippen LogP contribution in [0.5, 0.6) is 5.75 Å². The normalized spacial score (nSPS) is 10.2. The zero-order valence-corrected chi connectivity index (χ0v) is 16.2. The van der Waals surface area contributed by atoms with Gasteiger partial charge in [0.1, 0.15) is 5.75 Å². The van der Waals surface area contributed by atoms with Crippen LogP contribution >= 0.6 is 0 Å². The molecule has 0 saturated heterocycles. The van der Waals surface area contributed by atoms with Crippen LogP contribution in [-0.4, -0.2) is 23.9 Å². The summed E-state index contributed by atoms with van der Waals surface area (Å²) >= 11 is 0. The van der Waals surface area contributed by atoms with Gasteiger partial charge in [-0.1, -0.05) is 24.3 Å². The molecule has 0 radical (unpaired) electrons. The molecule has 2 aromatic carbocycles. The van der Waals surface area contributed by atoms with Gasteiger partial charge in [0.2, 0.25) is 5.91 Å². The van der Waals surface area contributed by atoms with Crippen LogP contribution in [0.25, 0.3) is 0 Å². The van der Waals surface area contributed by atoms with Crippen LogP contribution in [0.4, 0.5) is 5.69 Å². The number of anilines is 1. The number of ether oxygens (including phenoxy) is 1. The summed E-state index contributed by atoms with van der Waals surface area (Å²) in [5, 5.41) is 5.74. The molecule has 3 aromatic rings. The zero-order chi connectivity index (χ0) is 20.5. The highest BCUT2D eigenvalue weighted by Crippen LogP contribution is 2.14. The third-order valence-electron chi connectivity index (χ3n) is 4.41. The summed E-state index contributed by atoms with van der Waals surface area (Å²) in [6.07, 6.45) is 4.21. The molecule has 148 valence electrons. The zero-order valence-electron chi connectivity index (χ0n) is 16.2. The molecule has 0 fully saturated rings. The van der Waals surface area contributed by atoms with Crippen LogP contribution in [0.3, 0.4) is 0 Å². The number of nitrogens with one attached hydrogen (secondary N) is 2. The third kappa shape index (κ3) is 6.17. The number of aryl methyl sites for hydroxylation is 1. The fraction of sp³-hybridized carbons (Fsp3) is 0.174. The summed E-state index contributed by atoms with van der Waals surface area (Å²) in [4.78, 5) is 28.1. The molecule has 0 aliphatic rings. The Hall–Kier alpha value is -3.67. The van der Waals surface area contributed by atoms with Crippen molar-refractivity contribution in [1.29, 1.82) is 0 Å². The van der Waals surface area contributed by atoms with Gasteiger partial charge >= 0.3 is 0 Å². The molecule has 2 N–H and O–H groups in total. The molecule has 6 heteroatoms. The van der Waals surface area contributed by atoms with E-state index in [0.29, 0.717) is 24.9 Å². The van der Waals surface area contributed by atoms with Crippen molar-refractivity contribution in [3.05, 3.63) is 89.7 Å². The minimum atomic E-state index is -0.172. The largest absolute Gasteiger partial charge is 0.497 e. The number of rotatable bonds is 8. The Bertz CT molecular complexity index is 939. The summed E-state index contributed by atoms with van der Waals surface area (Å²) in [5.41, 5.74) is 3.28. The van der Waals surface area contributed by atoms with Crippen LogP contribution in [0, 0.1) is 0 Å². The van der Waals surface area contributed by atoms with Gasteiger partial charge < -0.3 is 15.4 Å². The number of pyridine rings is 1. The Kier molecular flexibility index (Phi) is 6.95. The SMILES string of the molecule is COc1ccc(CCC(=O)Nc2ccc(CNC(=O)c3cccnc3)cc2)cc1. The molecule has 3 rings (SSSR count). The third-order valence-corrected chi connectivity index (χ3v) is 4.41. The molecule has 0 spiro atoms. The second kappa shape index (κ2) is 10.0. The first-order valence-electron chi connectivity index (χ1n) is 9.34. The topological polar surface area (TPSA) is 80.3 Å². The lowest BCUT2D eigenvalue weighted by molar-refractivity contribution is -0.116. The van der Waals surface area contributed by atoms with E-state index in [0.717, 1.165) is 22.6 Å². The number of nitrogens with zero attached hydrogens (tertiary/aromatic N) is 1. The number of hydrogen-bond acceptors (Lipinski definition) is 4. The summed E-state index contributed by atoms with van der Waals surface area (Å²) in [5.74, 6) is 0.586. The molecule has 6 nitrogen and oxygen atoms in total. The first-order chi connectivity index (χ1) is 14.1. The van der Waals surface area contributed by atoms with E-state index in [4.69, 9.17) is 4.74 Å². The highest BCUT2D eigenvalue weighted by atomic mass is 16.5. The van der Waals surface area contributed by atoms with E-state index in [-0.39, 0.29) is 11.8 Å². The summed E-state index contributed by atoms with van der Waals surface area (Å²) < 4.78 is 5.13. The molecule has 2 amide bonds. The van der Waals surface area contributed by atoms with Crippen molar-refractivity contribution in [3.8, 4) is 5.75 Å². The minimum absolute atomic E-state index is 0.0431. The molecule has 29 heavy (non-hydrogen) atoms. The van der Waals surface area contributed by atoms with Crippen molar-refractivity contribution in [2.45, 2.75) is 19.4 Å². The Morgan fingerprint density at radius 2 is 1.69 bits per heavy atom. The van der Waals surface area contributed by atoms with E-state index in [9.17, 15) is 9.59 Å². The van der Waals surface area contributed by atoms with Crippen molar-refractivity contribution in [3.63, 3.8) is 0 Å². The van der Waals surface area contributed by atoms with Crippen LogP contribution < -0.4 is 15.4 Å². The number of benzene rings is 2. The Balaban J connectivity index is 1.44. The molecule has 0 aliphatic carbocycles. The van der Waals surface area contributed by atoms with Gasteiger partial charge in [-0.05, 0) is 53.9 Å². The lowest BCUT2D eigenvalue weighted by Gasteiger charge is -2.08. The van der Waals surface area contributed by atoms with Crippen molar-refractivity contribution in [1.82, 2.24) is 10.3 Å². The summed E-state index contributed by atoms with van der Waals surface area (Å²) in [6, 6.07) is 18.5. The highest BCUT2D eigenvalue weighted by molar-refractivity contribution is 5.93. The van der Waals surface area contributed by atoms with Gasteiger partial charge in [-0.15, -0.1) is 0 Å². The molecule has 0 atom stereocenters. The molecular weight excluding hydrogens is 366 g/mol. The van der Waals surface area contributed by atoms with Gasteiger partial charge in [0.25, 0.3) is 5.91 Å². The van der Waals surface area contributed by atoms with E-state index in [2.05, 4.69) is 15.6 Å². The van der Waals surface area contributed by atoms with Crippen molar-refractivity contribution in [2.24, 2.45) is 0 Å². The standard InChI is InChI=1S/C23H23N3O3/c1-29-21-11-6-17(7-12-21)8-13-22(27)26-20-9-4-18(5-10-20)15-25-23(28)19-3-2-14-24-16-19/h2-7,9-12,14,16H,8,13,15H2,1H3,(H,25,28)(H,26,27). The van der Waals surface area contributed by atoms with E-state index < -0.39 is 0 Å². The fourth-order valence-electron chi connectivity index (χ4n) is 2.76. The Morgan fingerprint density at radius 1 is 0.966 bits per heavy atom. The van der Waals surface area contributed by atoms with Gasteiger partial charge in [0.15, 0.2) is 0 Å². The second-order valence-electron chi connectivity index (χ2n) is 6.52. The van der Waals surface area contributed by atoms with Crippen LogP contribution in [-0.2, 0) is 17.8 Å². The van der Waals surface area contributed by atoms with Crippen LogP contribution in [0.1, 0.15) is 27.9 Å². The quantitative estimate of drug-likeness (QED) is 0.617. The van der Waals surface area contributed by atoms with Crippen molar-refractivity contribution < 1.29 is 14.3 Å². The number of amides is 2. The number of hydrogen-bond donors (Lipinski definition) is 2. The molecular formula is C23H23N3O3. The molecule has 0 saturated carbocycles. The Labute approximate surface area is 169 Å². The van der Waals surface area contributed by atoms with Crippen molar-refractivity contribution in [2.75, 3.05) is 12.4 Å². The Morgan fingerprint density at radius 3 is 2.34 bits per heavy atom. The van der Waals surface area contributed by atoms with Crippen molar-refractivity contribution >= 4 is 17.5 Å². The maximum absolute atomic E-state index is 12.2. The number of methoxy groups -OCH3 is 1. The molecule has 0 bridgehead atoms. The number of carbonyl (C=O) groups is 2. The summed E-state index contributed by atoms with van der Waals surface area (Å²) in [7, 11) is 1.63. The van der Waals surface area contributed by atoms with Gasteiger partial charge in [0.05, 0.1) is 12.7 Å². The van der Waals surface area contributed by atoms with Gasteiger partial charge in [-0.2, -0.15) is 0 Å². The molecule has 0 unspecified atom stereocenters. The van der Waals surface area contributed by atoms with E-state index in [1.807, 2.05) is 48.5 Å². The van der Waals surface area contributed by atoms with E-state index in [1.165, 1.54) is 6.20 Å². The van der Waals surface area contributed by atoms with E-state index in [1.54, 1.807) is 25.4 Å². The number of aromatic nitrogens is 1. The second-order valence-corrected chi connectivity index (χ2v) is 6.52. The first-order valence-corrected chi connectivity index (χ1v) is 9.34.